The number of methoxy groups -OCH3 is 1. The van der Waals surface area contributed by atoms with Crippen molar-refractivity contribution in [3.05, 3.63) is 58.4 Å². The molecule has 0 unspecified atom stereocenters. The molecule has 1 aromatic heterocycles. The van der Waals surface area contributed by atoms with Gasteiger partial charge in [-0.25, -0.2) is 8.42 Å². The lowest BCUT2D eigenvalue weighted by Crippen LogP contribution is -2.19. The van der Waals surface area contributed by atoms with Crippen LogP contribution in [0.4, 0.5) is 0 Å². The summed E-state index contributed by atoms with van der Waals surface area (Å²) in [6.07, 6.45) is 1.15. The Bertz CT molecular complexity index is 1250. The molecule has 9 heteroatoms. The fourth-order valence-corrected chi connectivity index (χ4v) is 4.58. The van der Waals surface area contributed by atoms with E-state index in [0.717, 1.165) is 11.8 Å². The Kier molecular flexibility index (Phi) is 6.11. The number of rotatable bonds is 6. The van der Waals surface area contributed by atoms with Gasteiger partial charge in [0.05, 0.1) is 21.7 Å². The maximum Gasteiger partial charge on any atom is 0.279 e. The van der Waals surface area contributed by atoms with E-state index in [-0.39, 0.29) is 10.7 Å². The van der Waals surface area contributed by atoms with Crippen LogP contribution in [0.1, 0.15) is 27.6 Å². The Labute approximate surface area is 172 Å². The topological polar surface area (TPSA) is 94.8 Å². The third-order valence-electron chi connectivity index (χ3n) is 4.34. The average Bonchev–Trinajstić information content (AvgIpc) is 3.01. The first-order valence-corrected chi connectivity index (χ1v) is 11.4. The summed E-state index contributed by atoms with van der Waals surface area (Å²) in [6.45, 7) is 2.33. The molecule has 0 fully saturated rings. The van der Waals surface area contributed by atoms with Gasteiger partial charge in [0.1, 0.15) is 0 Å². The zero-order chi connectivity index (χ0) is 21.2. The van der Waals surface area contributed by atoms with Crippen molar-refractivity contribution in [2.75, 3.05) is 20.0 Å². The van der Waals surface area contributed by atoms with Crippen molar-refractivity contribution in [1.82, 2.24) is 4.57 Å². The van der Waals surface area contributed by atoms with Crippen molar-refractivity contribution in [1.29, 1.82) is 0 Å². The molecule has 0 N–H and O–H groups in total. The summed E-state index contributed by atoms with van der Waals surface area (Å²) in [5, 5.41) is 0. The van der Waals surface area contributed by atoms with Crippen LogP contribution in [0.2, 0.25) is 0 Å². The normalized spacial score (nSPS) is 12.4. The van der Waals surface area contributed by atoms with Crippen LogP contribution < -0.4 is 4.80 Å². The highest BCUT2D eigenvalue weighted by Gasteiger charge is 2.13. The molecular weight excluding hydrogens is 412 g/mol. The van der Waals surface area contributed by atoms with Gasteiger partial charge in [0, 0.05) is 31.0 Å². The van der Waals surface area contributed by atoms with E-state index in [4.69, 9.17) is 4.74 Å². The average molecular weight is 433 g/mol. The fraction of sp³-hybridized carbons (Fsp3) is 0.250. The first-order valence-electron chi connectivity index (χ1n) is 8.73. The van der Waals surface area contributed by atoms with E-state index in [0.29, 0.717) is 33.8 Å². The van der Waals surface area contributed by atoms with Gasteiger partial charge >= 0.3 is 0 Å². The molecule has 0 aliphatic rings. The second-order valence-electron chi connectivity index (χ2n) is 6.48. The van der Waals surface area contributed by atoms with Gasteiger partial charge in [0.15, 0.2) is 20.4 Å². The maximum atomic E-state index is 12.6. The Balaban J connectivity index is 2.10. The zero-order valence-corrected chi connectivity index (χ0v) is 17.8. The molecule has 0 aliphatic carbocycles. The van der Waals surface area contributed by atoms with E-state index in [1.54, 1.807) is 49.6 Å². The smallest absolute Gasteiger partial charge is 0.279 e. The number of thiazole rings is 1. The molecule has 0 bridgehead atoms. The van der Waals surface area contributed by atoms with E-state index >= 15 is 0 Å². The monoisotopic (exact) mass is 432 g/mol. The molecule has 0 saturated heterocycles. The third-order valence-corrected chi connectivity index (χ3v) is 6.49. The van der Waals surface area contributed by atoms with Crippen molar-refractivity contribution in [3.63, 3.8) is 0 Å². The Morgan fingerprint density at radius 1 is 1.10 bits per heavy atom. The van der Waals surface area contributed by atoms with Crippen LogP contribution in [0.5, 0.6) is 0 Å². The van der Waals surface area contributed by atoms with E-state index in [9.17, 15) is 18.0 Å². The second kappa shape index (κ2) is 8.40. The van der Waals surface area contributed by atoms with Gasteiger partial charge in [-0.05, 0) is 37.3 Å². The van der Waals surface area contributed by atoms with Crippen molar-refractivity contribution >= 4 is 43.1 Å². The maximum absolute atomic E-state index is 12.6. The van der Waals surface area contributed by atoms with Crippen molar-refractivity contribution in [2.24, 2.45) is 4.99 Å². The lowest BCUT2D eigenvalue weighted by molar-refractivity contribution is 0.0991. The first kappa shape index (κ1) is 21.1. The number of aromatic nitrogens is 1. The van der Waals surface area contributed by atoms with Crippen LogP contribution in [0.25, 0.3) is 10.2 Å². The molecule has 152 valence electrons. The SMILES string of the molecule is COCCn1c(=NC(=O)c2ccc(C(C)=O)cc2)sc2cc(S(C)(=O)=O)ccc21. The standard InChI is InChI=1S/C20H20N2O5S2/c1-13(23)14-4-6-15(7-5-14)19(24)21-20-22(10-11-27-2)17-9-8-16(29(3,25)26)12-18(17)28-20/h4-9,12H,10-11H2,1-3H3. The Morgan fingerprint density at radius 2 is 1.76 bits per heavy atom. The summed E-state index contributed by atoms with van der Waals surface area (Å²) < 4.78 is 31.4. The van der Waals surface area contributed by atoms with Crippen molar-refractivity contribution in [3.8, 4) is 0 Å². The molecule has 2 aromatic carbocycles. The molecule has 3 aromatic rings. The number of hydrogen-bond donors (Lipinski definition) is 0. The summed E-state index contributed by atoms with van der Waals surface area (Å²) in [6, 6.07) is 11.2. The van der Waals surface area contributed by atoms with E-state index in [2.05, 4.69) is 4.99 Å². The van der Waals surface area contributed by atoms with E-state index in [1.807, 2.05) is 4.57 Å². The van der Waals surface area contributed by atoms with Gasteiger partial charge in [-0.1, -0.05) is 23.5 Å². The second-order valence-corrected chi connectivity index (χ2v) is 9.51. The number of sulfone groups is 1. The molecule has 1 heterocycles. The van der Waals surface area contributed by atoms with Crippen LogP contribution in [0.15, 0.2) is 52.4 Å². The zero-order valence-electron chi connectivity index (χ0n) is 16.2. The van der Waals surface area contributed by atoms with Gasteiger partial charge in [-0.15, -0.1) is 0 Å². The molecule has 1 amide bonds. The molecule has 0 radical (unpaired) electrons. The van der Waals surface area contributed by atoms with Crippen LogP contribution in [-0.4, -0.2) is 44.6 Å². The molecule has 3 rings (SSSR count). The number of carbonyl (C=O) groups excluding carboxylic acids is 2. The highest BCUT2D eigenvalue weighted by molar-refractivity contribution is 7.90. The number of Topliss-reactive ketones (excluding diaryl/α,β-unsaturated/α-hetero) is 1. The Morgan fingerprint density at radius 3 is 2.34 bits per heavy atom. The minimum absolute atomic E-state index is 0.0791. The number of hydrogen-bond acceptors (Lipinski definition) is 6. The predicted octanol–water partition coefficient (Wildman–Crippen LogP) is 2.70. The molecular formula is C20H20N2O5S2. The number of nitrogens with zero attached hydrogens (tertiary/aromatic N) is 2. The predicted molar refractivity (Wildman–Crippen MR) is 111 cm³/mol. The molecule has 7 nitrogen and oxygen atoms in total. The molecule has 0 saturated carbocycles. The molecule has 0 aliphatic heterocycles. The van der Waals surface area contributed by atoms with Crippen molar-refractivity contribution < 1.29 is 22.7 Å². The van der Waals surface area contributed by atoms with Crippen molar-refractivity contribution in [2.45, 2.75) is 18.4 Å². The fourth-order valence-electron chi connectivity index (χ4n) is 2.77. The summed E-state index contributed by atoms with van der Waals surface area (Å²) in [4.78, 5) is 28.9. The van der Waals surface area contributed by atoms with Crippen LogP contribution >= 0.6 is 11.3 Å². The van der Waals surface area contributed by atoms with Gasteiger partial charge < -0.3 is 9.30 Å². The summed E-state index contributed by atoms with van der Waals surface area (Å²) in [7, 11) is -1.77. The Hall–Kier alpha value is -2.62. The summed E-state index contributed by atoms with van der Waals surface area (Å²) in [5.74, 6) is -0.523. The number of benzene rings is 2. The van der Waals surface area contributed by atoms with E-state index in [1.165, 1.54) is 18.3 Å². The van der Waals surface area contributed by atoms with E-state index < -0.39 is 15.7 Å². The quantitative estimate of drug-likeness (QED) is 0.558. The highest BCUT2D eigenvalue weighted by Crippen LogP contribution is 2.22. The van der Waals surface area contributed by atoms with Crippen LogP contribution in [0.3, 0.4) is 0 Å². The van der Waals surface area contributed by atoms with Gasteiger partial charge in [0.2, 0.25) is 0 Å². The lowest BCUT2D eigenvalue weighted by atomic mass is 10.1. The summed E-state index contributed by atoms with van der Waals surface area (Å²) >= 11 is 1.24. The number of ether oxygens (including phenoxy) is 1. The van der Waals surface area contributed by atoms with Gasteiger partial charge in [-0.3, -0.25) is 9.59 Å². The minimum Gasteiger partial charge on any atom is -0.383 e. The first-order chi connectivity index (χ1) is 13.7. The highest BCUT2D eigenvalue weighted by atomic mass is 32.2. The molecule has 0 atom stereocenters. The number of fused-ring (bicyclic) bond motifs is 1. The largest absolute Gasteiger partial charge is 0.383 e. The molecule has 29 heavy (non-hydrogen) atoms. The number of carbonyl (C=O) groups is 2. The summed E-state index contributed by atoms with van der Waals surface area (Å²) in [5.41, 5.74) is 1.66. The number of ketones is 1. The molecule has 0 spiro atoms. The van der Waals surface area contributed by atoms with Crippen LogP contribution in [-0.2, 0) is 21.1 Å². The number of amides is 1. The third kappa shape index (κ3) is 4.69. The van der Waals surface area contributed by atoms with Crippen LogP contribution in [0, 0.1) is 0 Å². The minimum atomic E-state index is -3.34. The lowest BCUT2D eigenvalue weighted by Gasteiger charge is -2.05. The van der Waals surface area contributed by atoms with Gasteiger partial charge in [-0.2, -0.15) is 4.99 Å². The van der Waals surface area contributed by atoms with Gasteiger partial charge in [0.25, 0.3) is 5.91 Å².